The molecule has 1 heterocycles. The normalized spacial score (nSPS) is 12.0. The van der Waals surface area contributed by atoms with E-state index in [4.69, 9.17) is 9.84 Å². The highest BCUT2D eigenvalue weighted by Crippen LogP contribution is 2.28. The van der Waals surface area contributed by atoms with Gasteiger partial charge in [-0.15, -0.1) is 0 Å². The molecule has 7 heteroatoms. The summed E-state index contributed by atoms with van der Waals surface area (Å²) in [5.41, 5.74) is 3.66. The fraction of sp³-hybridized carbons (Fsp3) is 0.577. The number of ether oxygens (including phenoxy) is 1. The lowest BCUT2D eigenvalue weighted by atomic mass is 9.91. The summed E-state index contributed by atoms with van der Waals surface area (Å²) in [6.07, 6.45) is 0.360. The number of hydrogen-bond acceptors (Lipinski definition) is 4. The van der Waals surface area contributed by atoms with Crippen LogP contribution in [0.15, 0.2) is 24.3 Å². The molecule has 2 aromatic rings. The van der Waals surface area contributed by atoms with E-state index in [1.54, 1.807) is 16.7 Å². The quantitative estimate of drug-likeness (QED) is 0.628. The molecule has 1 aromatic carbocycles. The van der Waals surface area contributed by atoms with E-state index < -0.39 is 0 Å². The second-order valence-corrected chi connectivity index (χ2v) is 11.0. The van der Waals surface area contributed by atoms with Gasteiger partial charge in [-0.1, -0.05) is 59.2 Å². The first kappa shape index (κ1) is 26.6. The fourth-order valence-corrected chi connectivity index (χ4v) is 3.48. The van der Waals surface area contributed by atoms with E-state index in [-0.39, 0.29) is 29.2 Å². The minimum atomic E-state index is -0.264. The summed E-state index contributed by atoms with van der Waals surface area (Å²) in [6.45, 7) is 17.1. The van der Waals surface area contributed by atoms with Gasteiger partial charge in [-0.25, -0.2) is 4.68 Å². The van der Waals surface area contributed by atoms with E-state index in [2.05, 4.69) is 32.2 Å². The van der Waals surface area contributed by atoms with E-state index in [0.717, 1.165) is 22.5 Å². The maximum absolute atomic E-state index is 13.1. The highest BCUT2D eigenvalue weighted by Gasteiger charge is 2.25. The molecule has 0 atom stereocenters. The van der Waals surface area contributed by atoms with Crippen molar-refractivity contribution in [2.24, 2.45) is 5.41 Å². The molecule has 0 aliphatic rings. The van der Waals surface area contributed by atoms with Gasteiger partial charge in [0.25, 0.3) is 0 Å². The number of nitrogens with zero attached hydrogens (tertiary/aromatic N) is 3. The number of methoxy groups -OCH3 is 1. The summed E-state index contributed by atoms with van der Waals surface area (Å²) in [6, 6.07) is 8.05. The molecule has 0 saturated heterocycles. The van der Waals surface area contributed by atoms with Crippen molar-refractivity contribution in [3.8, 4) is 5.69 Å². The molecule has 0 fully saturated rings. The number of benzene rings is 1. The topological polar surface area (TPSA) is 76.5 Å². The molecule has 1 N–H and O–H groups in total. The summed E-state index contributed by atoms with van der Waals surface area (Å²) in [4.78, 5) is 27.4. The number of aromatic nitrogens is 2. The molecule has 0 saturated carbocycles. The third kappa shape index (κ3) is 7.70. The molecule has 0 aliphatic heterocycles. The van der Waals surface area contributed by atoms with Gasteiger partial charge in [0.1, 0.15) is 5.82 Å². The van der Waals surface area contributed by atoms with Crippen LogP contribution in [0.4, 0.5) is 5.82 Å². The van der Waals surface area contributed by atoms with Crippen LogP contribution in [0.25, 0.3) is 5.69 Å². The van der Waals surface area contributed by atoms with Crippen molar-refractivity contribution in [1.82, 2.24) is 14.7 Å². The van der Waals surface area contributed by atoms with Crippen LogP contribution in [0.1, 0.15) is 64.8 Å². The molecule has 0 unspecified atom stereocenters. The Morgan fingerprint density at radius 2 is 1.76 bits per heavy atom. The fourth-order valence-electron chi connectivity index (χ4n) is 3.48. The van der Waals surface area contributed by atoms with Crippen LogP contribution in [-0.4, -0.2) is 53.3 Å². The van der Waals surface area contributed by atoms with E-state index >= 15 is 0 Å². The lowest BCUT2D eigenvalue weighted by Gasteiger charge is -2.26. The highest BCUT2D eigenvalue weighted by atomic mass is 16.5. The summed E-state index contributed by atoms with van der Waals surface area (Å²) < 4.78 is 6.93. The van der Waals surface area contributed by atoms with Crippen LogP contribution in [0.5, 0.6) is 0 Å². The predicted molar refractivity (Wildman–Crippen MR) is 133 cm³/mol. The summed E-state index contributed by atoms with van der Waals surface area (Å²) in [5.74, 6) is 0.263. The average molecular weight is 457 g/mol. The number of anilines is 1. The Balaban J connectivity index is 2.32. The van der Waals surface area contributed by atoms with Gasteiger partial charge in [0.2, 0.25) is 11.8 Å². The number of amides is 2. The zero-order chi connectivity index (χ0) is 25.0. The maximum atomic E-state index is 13.1. The number of aryl methyl sites for hydroxylation is 2. The Morgan fingerprint density at radius 1 is 1.09 bits per heavy atom. The van der Waals surface area contributed by atoms with Gasteiger partial charge in [-0.05, 0) is 30.9 Å². The van der Waals surface area contributed by atoms with Gasteiger partial charge in [0.05, 0.1) is 24.5 Å². The largest absolute Gasteiger partial charge is 0.383 e. The Hall–Kier alpha value is -2.67. The average Bonchev–Trinajstić information content (AvgIpc) is 3.07. The standard InChI is InChI=1S/C26H40N4O3/c1-18-10-11-20(19(2)14-18)30-22(15-21(28-30)26(6,7)8)27-23(31)17-29(12-13-33-9)24(32)16-25(3,4)5/h10-11,14-15H,12-13,16-17H2,1-9H3,(H,27,31). The van der Waals surface area contributed by atoms with Crippen LogP contribution in [0.2, 0.25) is 0 Å². The van der Waals surface area contributed by atoms with Crippen molar-refractivity contribution in [2.75, 3.05) is 32.1 Å². The van der Waals surface area contributed by atoms with Crippen LogP contribution in [0, 0.1) is 19.3 Å². The SMILES string of the molecule is COCCN(CC(=O)Nc1cc(C(C)(C)C)nn1-c1ccc(C)cc1C)C(=O)CC(C)(C)C. The number of rotatable bonds is 8. The van der Waals surface area contributed by atoms with Crippen molar-refractivity contribution in [3.05, 3.63) is 41.1 Å². The monoisotopic (exact) mass is 456 g/mol. The maximum Gasteiger partial charge on any atom is 0.245 e. The lowest BCUT2D eigenvalue weighted by Crippen LogP contribution is -2.41. The summed E-state index contributed by atoms with van der Waals surface area (Å²) in [5, 5.41) is 7.80. The van der Waals surface area contributed by atoms with E-state index in [9.17, 15) is 9.59 Å². The Bertz CT molecular complexity index is 980. The van der Waals surface area contributed by atoms with Crippen LogP contribution < -0.4 is 5.32 Å². The Morgan fingerprint density at radius 3 is 2.30 bits per heavy atom. The second-order valence-electron chi connectivity index (χ2n) is 11.0. The molecule has 7 nitrogen and oxygen atoms in total. The van der Waals surface area contributed by atoms with E-state index in [1.807, 2.05) is 52.8 Å². The first-order valence-corrected chi connectivity index (χ1v) is 11.5. The smallest absolute Gasteiger partial charge is 0.245 e. The molecular weight excluding hydrogens is 416 g/mol. The molecule has 2 amide bonds. The van der Waals surface area contributed by atoms with Crippen molar-refractivity contribution in [2.45, 2.75) is 67.2 Å². The van der Waals surface area contributed by atoms with Crippen molar-refractivity contribution < 1.29 is 14.3 Å². The van der Waals surface area contributed by atoms with Gasteiger partial charge in [0, 0.05) is 31.6 Å². The van der Waals surface area contributed by atoms with Crippen LogP contribution in [-0.2, 0) is 19.7 Å². The molecule has 0 spiro atoms. The predicted octanol–water partition coefficient (Wildman–Crippen LogP) is 4.64. The number of hydrogen-bond donors (Lipinski definition) is 1. The Kier molecular flexibility index (Phi) is 8.46. The number of carbonyl (C=O) groups is 2. The molecule has 0 bridgehead atoms. The Labute approximate surface area is 198 Å². The first-order chi connectivity index (χ1) is 15.2. The minimum Gasteiger partial charge on any atom is -0.383 e. The third-order valence-electron chi connectivity index (χ3n) is 5.26. The number of nitrogens with one attached hydrogen (secondary N) is 1. The van der Waals surface area contributed by atoms with E-state index in [1.165, 1.54) is 0 Å². The second kappa shape index (κ2) is 10.5. The van der Waals surface area contributed by atoms with Gasteiger partial charge < -0.3 is 15.0 Å². The molecule has 0 radical (unpaired) electrons. The van der Waals surface area contributed by atoms with Gasteiger partial charge in [-0.2, -0.15) is 5.10 Å². The molecule has 1 aromatic heterocycles. The molecule has 0 aliphatic carbocycles. The number of carbonyl (C=O) groups excluding carboxylic acids is 2. The van der Waals surface area contributed by atoms with Crippen molar-refractivity contribution >= 4 is 17.6 Å². The minimum absolute atomic E-state index is 0.0405. The van der Waals surface area contributed by atoms with Crippen LogP contribution in [0.3, 0.4) is 0 Å². The highest BCUT2D eigenvalue weighted by molar-refractivity contribution is 5.94. The lowest BCUT2D eigenvalue weighted by molar-refractivity contribution is -0.136. The first-order valence-electron chi connectivity index (χ1n) is 11.5. The molecule has 182 valence electrons. The third-order valence-corrected chi connectivity index (χ3v) is 5.26. The molecule has 2 rings (SSSR count). The summed E-state index contributed by atoms with van der Waals surface area (Å²) >= 11 is 0. The molecular formula is C26H40N4O3. The van der Waals surface area contributed by atoms with E-state index in [0.29, 0.717) is 25.4 Å². The van der Waals surface area contributed by atoms with Crippen molar-refractivity contribution in [1.29, 1.82) is 0 Å². The van der Waals surface area contributed by atoms with Crippen molar-refractivity contribution in [3.63, 3.8) is 0 Å². The van der Waals surface area contributed by atoms with Gasteiger partial charge in [0.15, 0.2) is 0 Å². The zero-order valence-electron chi connectivity index (χ0n) is 21.7. The van der Waals surface area contributed by atoms with Gasteiger partial charge in [-0.3, -0.25) is 9.59 Å². The van der Waals surface area contributed by atoms with Crippen LogP contribution >= 0.6 is 0 Å². The van der Waals surface area contributed by atoms with Gasteiger partial charge >= 0.3 is 0 Å². The zero-order valence-corrected chi connectivity index (χ0v) is 21.7. The molecule has 33 heavy (non-hydrogen) atoms. The summed E-state index contributed by atoms with van der Waals surface area (Å²) in [7, 11) is 1.59.